The maximum Gasteiger partial charge on any atom is 0.321 e. The lowest BCUT2D eigenvalue weighted by atomic mass is 10.2. The van der Waals surface area contributed by atoms with Gasteiger partial charge < -0.3 is 10.1 Å². The molecule has 0 saturated carbocycles. The highest BCUT2D eigenvalue weighted by molar-refractivity contribution is 9.10. The molecular formula is C12H13BrN2O4. The van der Waals surface area contributed by atoms with Crippen molar-refractivity contribution in [2.24, 2.45) is 0 Å². The van der Waals surface area contributed by atoms with E-state index in [1.165, 1.54) is 14.0 Å². The molecule has 2 N–H and O–H groups in total. The standard InChI is InChI=1S/C12H13BrN2O4/c1-7(11(17)15-12(18)14-2)19-10-4-3-9(13)5-8(10)6-16/h3-7H,1-2H3,(H2,14,15,17,18). The SMILES string of the molecule is CNC(=O)NC(=O)C(C)Oc1ccc(Br)cc1C=O. The minimum atomic E-state index is -0.905. The van der Waals surface area contributed by atoms with Crippen molar-refractivity contribution in [1.29, 1.82) is 0 Å². The summed E-state index contributed by atoms with van der Waals surface area (Å²) in [5.74, 6) is -0.322. The van der Waals surface area contributed by atoms with Crippen LogP contribution in [0.25, 0.3) is 0 Å². The van der Waals surface area contributed by atoms with Gasteiger partial charge in [-0.25, -0.2) is 4.79 Å². The topological polar surface area (TPSA) is 84.5 Å². The number of amides is 3. The Hall–Kier alpha value is -1.89. The number of carbonyl (C=O) groups is 3. The Kier molecular flexibility index (Phi) is 5.50. The number of halogens is 1. The minimum Gasteiger partial charge on any atom is -0.480 e. The summed E-state index contributed by atoms with van der Waals surface area (Å²) >= 11 is 3.23. The van der Waals surface area contributed by atoms with Crippen molar-refractivity contribution in [3.8, 4) is 5.75 Å². The number of rotatable bonds is 4. The molecule has 0 aromatic heterocycles. The monoisotopic (exact) mass is 328 g/mol. The third kappa shape index (κ3) is 4.36. The van der Waals surface area contributed by atoms with Gasteiger partial charge in [0.05, 0.1) is 5.56 Å². The van der Waals surface area contributed by atoms with Gasteiger partial charge in [0.15, 0.2) is 12.4 Å². The van der Waals surface area contributed by atoms with Gasteiger partial charge in [-0.15, -0.1) is 0 Å². The Morgan fingerprint density at radius 1 is 1.42 bits per heavy atom. The van der Waals surface area contributed by atoms with Gasteiger partial charge in [0, 0.05) is 11.5 Å². The Morgan fingerprint density at radius 3 is 2.68 bits per heavy atom. The number of hydrogen-bond donors (Lipinski definition) is 2. The van der Waals surface area contributed by atoms with Crippen LogP contribution in [0.3, 0.4) is 0 Å². The van der Waals surface area contributed by atoms with Crippen LogP contribution < -0.4 is 15.4 Å². The number of urea groups is 1. The molecule has 6 nitrogen and oxygen atoms in total. The van der Waals surface area contributed by atoms with Crippen LogP contribution in [0.5, 0.6) is 5.75 Å². The average Bonchev–Trinajstić information content (AvgIpc) is 2.40. The van der Waals surface area contributed by atoms with Crippen LogP contribution in [0.1, 0.15) is 17.3 Å². The van der Waals surface area contributed by atoms with Crippen molar-refractivity contribution in [1.82, 2.24) is 10.6 Å². The molecule has 0 heterocycles. The van der Waals surface area contributed by atoms with Gasteiger partial charge in [-0.3, -0.25) is 14.9 Å². The van der Waals surface area contributed by atoms with Crippen molar-refractivity contribution < 1.29 is 19.1 Å². The molecule has 1 atom stereocenters. The second-order valence-corrected chi connectivity index (χ2v) is 4.54. The van der Waals surface area contributed by atoms with Crippen molar-refractivity contribution in [2.45, 2.75) is 13.0 Å². The van der Waals surface area contributed by atoms with Crippen LogP contribution >= 0.6 is 15.9 Å². The molecule has 3 amide bonds. The molecule has 0 radical (unpaired) electrons. The number of imide groups is 1. The van der Waals surface area contributed by atoms with Gasteiger partial charge >= 0.3 is 6.03 Å². The molecule has 0 fully saturated rings. The molecule has 102 valence electrons. The Labute approximate surface area is 118 Å². The molecule has 0 aliphatic carbocycles. The fourth-order valence-electron chi connectivity index (χ4n) is 1.24. The van der Waals surface area contributed by atoms with Crippen molar-refractivity contribution in [3.05, 3.63) is 28.2 Å². The highest BCUT2D eigenvalue weighted by Gasteiger charge is 2.18. The fourth-order valence-corrected chi connectivity index (χ4v) is 1.62. The van der Waals surface area contributed by atoms with E-state index in [1.54, 1.807) is 18.2 Å². The first-order valence-electron chi connectivity index (χ1n) is 5.42. The molecule has 19 heavy (non-hydrogen) atoms. The molecule has 1 aromatic rings. The first-order valence-corrected chi connectivity index (χ1v) is 6.21. The van der Waals surface area contributed by atoms with E-state index in [0.29, 0.717) is 11.8 Å². The molecule has 1 unspecified atom stereocenters. The zero-order chi connectivity index (χ0) is 14.4. The first kappa shape index (κ1) is 15.2. The average molecular weight is 329 g/mol. The quantitative estimate of drug-likeness (QED) is 0.820. The number of carbonyl (C=O) groups excluding carboxylic acids is 3. The molecule has 0 bridgehead atoms. The van der Waals surface area contributed by atoms with Gasteiger partial charge in [0.1, 0.15) is 5.75 Å². The smallest absolute Gasteiger partial charge is 0.321 e. The highest BCUT2D eigenvalue weighted by atomic mass is 79.9. The van der Waals surface area contributed by atoms with E-state index in [2.05, 4.69) is 26.6 Å². The van der Waals surface area contributed by atoms with Crippen LogP contribution in [0, 0.1) is 0 Å². The maximum atomic E-state index is 11.6. The fraction of sp³-hybridized carbons (Fsp3) is 0.250. The van der Waals surface area contributed by atoms with Crippen LogP contribution in [0.4, 0.5) is 4.79 Å². The summed E-state index contributed by atoms with van der Waals surface area (Å²) in [6.07, 6.45) is -0.277. The second-order valence-electron chi connectivity index (χ2n) is 3.63. The molecule has 0 saturated heterocycles. The van der Waals surface area contributed by atoms with E-state index < -0.39 is 18.0 Å². The van der Waals surface area contributed by atoms with Gasteiger partial charge in [-0.05, 0) is 25.1 Å². The van der Waals surface area contributed by atoms with Gasteiger partial charge in [0.25, 0.3) is 5.91 Å². The van der Waals surface area contributed by atoms with Crippen molar-refractivity contribution >= 4 is 34.2 Å². The second kappa shape index (κ2) is 6.89. The number of hydrogen-bond acceptors (Lipinski definition) is 4. The Morgan fingerprint density at radius 2 is 2.11 bits per heavy atom. The number of benzene rings is 1. The van der Waals surface area contributed by atoms with Crippen LogP contribution in [-0.4, -0.2) is 31.4 Å². The molecular weight excluding hydrogens is 316 g/mol. The molecule has 0 aliphatic heterocycles. The predicted molar refractivity (Wildman–Crippen MR) is 72.2 cm³/mol. The van der Waals surface area contributed by atoms with E-state index in [-0.39, 0.29) is 5.75 Å². The Balaban J connectivity index is 2.76. The maximum absolute atomic E-state index is 11.6. The van der Waals surface area contributed by atoms with E-state index in [9.17, 15) is 14.4 Å². The summed E-state index contributed by atoms with van der Waals surface area (Å²) in [5, 5.41) is 4.34. The minimum absolute atomic E-state index is 0.276. The van der Waals surface area contributed by atoms with Crippen LogP contribution in [0.15, 0.2) is 22.7 Å². The van der Waals surface area contributed by atoms with Crippen LogP contribution in [0.2, 0.25) is 0 Å². The van der Waals surface area contributed by atoms with Gasteiger partial charge in [-0.2, -0.15) is 0 Å². The summed E-state index contributed by atoms with van der Waals surface area (Å²) in [5.41, 5.74) is 0.314. The number of aldehydes is 1. The highest BCUT2D eigenvalue weighted by Crippen LogP contribution is 2.22. The lowest BCUT2D eigenvalue weighted by molar-refractivity contribution is -0.126. The summed E-state index contributed by atoms with van der Waals surface area (Å²) in [7, 11) is 1.40. The summed E-state index contributed by atoms with van der Waals surface area (Å²) in [6, 6.07) is 4.21. The van der Waals surface area contributed by atoms with E-state index in [0.717, 1.165) is 4.47 Å². The molecule has 1 rings (SSSR count). The lowest BCUT2D eigenvalue weighted by Crippen LogP contribution is -2.44. The number of nitrogens with one attached hydrogen (secondary N) is 2. The van der Waals surface area contributed by atoms with E-state index >= 15 is 0 Å². The summed E-state index contributed by atoms with van der Waals surface area (Å²) in [4.78, 5) is 33.5. The third-order valence-electron chi connectivity index (χ3n) is 2.24. The zero-order valence-electron chi connectivity index (χ0n) is 10.4. The van der Waals surface area contributed by atoms with Crippen molar-refractivity contribution in [3.63, 3.8) is 0 Å². The zero-order valence-corrected chi connectivity index (χ0v) is 12.0. The molecule has 0 spiro atoms. The summed E-state index contributed by atoms with van der Waals surface area (Å²) < 4.78 is 6.08. The van der Waals surface area contributed by atoms with E-state index in [4.69, 9.17) is 4.74 Å². The molecule has 0 aliphatic rings. The largest absolute Gasteiger partial charge is 0.480 e. The van der Waals surface area contributed by atoms with E-state index in [1.807, 2.05) is 0 Å². The lowest BCUT2D eigenvalue weighted by Gasteiger charge is -2.15. The van der Waals surface area contributed by atoms with Crippen LogP contribution in [-0.2, 0) is 4.79 Å². The molecule has 1 aromatic carbocycles. The van der Waals surface area contributed by atoms with Crippen molar-refractivity contribution in [2.75, 3.05) is 7.05 Å². The predicted octanol–water partition coefficient (Wildman–Crippen LogP) is 1.48. The summed E-state index contributed by atoms with van der Waals surface area (Å²) in [6.45, 7) is 1.48. The Bertz CT molecular complexity index is 505. The van der Waals surface area contributed by atoms with Gasteiger partial charge in [-0.1, -0.05) is 15.9 Å². The first-order chi connectivity index (χ1) is 8.97. The third-order valence-corrected chi connectivity index (χ3v) is 2.73. The van der Waals surface area contributed by atoms with Gasteiger partial charge in [0.2, 0.25) is 0 Å². The molecule has 7 heteroatoms. The normalized spacial score (nSPS) is 11.3. The number of ether oxygens (including phenoxy) is 1.